The Morgan fingerprint density at radius 1 is 1.40 bits per heavy atom. The monoisotopic (exact) mass is 365 g/mol. The number of nitrogens with one attached hydrogen (secondary N) is 1. The molecule has 2 aromatic heterocycles. The van der Waals surface area contributed by atoms with Crippen LogP contribution in [0.25, 0.3) is 11.0 Å². The largest absolute Gasteiger partial charge is 0.354 e. The van der Waals surface area contributed by atoms with Crippen LogP contribution < -0.4 is 4.90 Å². The van der Waals surface area contributed by atoms with Gasteiger partial charge >= 0.3 is 0 Å². The average Bonchev–Trinajstić information content (AvgIpc) is 3.08. The molecule has 138 valence electrons. The SMILES string of the molecule is CCCCS(=O)(=O)N1CC[C@@H](C)[C@@H](N(C)c2ncnc3[nH]ccc23)C1. The molecule has 7 nitrogen and oxygen atoms in total. The maximum absolute atomic E-state index is 12.6. The minimum Gasteiger partial charge on any atom is -0.354 e. The van der Waals surface area contributed by atoms with Gasteiger partial charge in [0.1, 0.15) is 17.8 Å². The normalized spacial score (nSPS) is 22.4. The standard InChI is InChI=1S/C17H27N5O2S/c1-4-5-10-25(23,24)22-9-7-13(2)15(11-22)21(3)17-14-6-8-18-16(14)19-12-20-17/h6,8,12-13,15H,4-5,7,9-11H2,1-3H3,(H,18,19,20)/t13-,15+/m1/s1. The Kier molecular flexibility index (Phi) is 5.29. The van der Waals surface area contributed by atoms with E-state index < -0.39 is 10.0 Å². The Balaban J connectivity index is 1.83. The molecule has 0 unspecified atom stereocenters. The lowest BCUT2D eigenvalue weighted by molar-refractivity contribution is 0.247. The second-order valence-electron chi connectivity index (χ2n) is 6.91. The summed E-state index contributed by atoms with van der Waals surface area (Å²) in [6.45, 7) is 5.33. The van der Waals surface area contributed by atoms with Crippen molar-refractivity contribution in [1.29, 1.82) is 0 Å². The Morgan fingerprint density at radius 3 is 2.96 bits per heavy atom. The fourth-order valence-corrected chi connectivity index (χ4v) is 5.20. The minimum absolute atomic E-state index is 0.0955. The first-order chi connectivity index (χ1) is 11.9. The van der Waals surface area contributed by atoms with Crippen molar-refractivity contribution in [2.75, 3.05) is 30.8 Å². The number of nitrogens with zero attached hydrogens (tertiary/aromatic N) is 4. The van der Waals surface area contributed by atoms with E-state index in [2.05, 4.69) is 26.8 Å². The van der Waals surface area contributed by atoms with E-state index in [9.17, 15) is 8.42 Å². The highest BCUT2D eigenvalue weighted by Gasteiger charge is 2.35. The van der Waals surface area contributed by atoms with Crippen LogP contribution in [0.2, 0.25) is 0 Å². The molecule has 8 heteroatoms. The van der Waals surface area contributed by atoms with Gasteiger partial charge in [0.15, 0.2) is 0 Å². The molecule has 3 rings (SSSR count). The first-order valence-corrected chi connectivity index (χ1v) is 10.5. The summed E-state index contributed by atoms with van der Waals surface area (Å²) in [4.78, 5) is 13.9. The summed E-state index contributed by atoms with van der Waals surface area (Å²) in [5.74, 6) is 1.48. The lowest BCUT2D eigenvalue weighted by Gasteiger charge is -2.41. The molecular weight excluding hydrogens is 338 g/mol. The number of anilines is 1. The van der Waals surface area contributed by atoms with Crippen molar-refractivity contribution in [1.82, 2.24) is 19.3 Å². The van der Waals surface area contributed by atoms with Gasteiger partial charge in [-0.1, -0.05) is 20.3 Å². The Labute approximate surface area is 149 Å². The van der Waals surface area contributed by atoms with Gasteiger partial charge in [-0.05, 0) is 24.8 Å². The lowest BCUT2D eigenvalue weighted by atomic mass is 9.93. The summed E-state index contributed by atoms with van der Waals surface area (Å²) >= 11 is 0. The van der Waals surface area contributed by atoms with Crippen molar-refractivity contribution in [2.45, 2.75) is 39.2 Å². The van der Waals surface area contributed by atoms with Gasteiger partial charge in [0.05, 0.1) is 11.1 Å². The predicted molar refractivity (Wildman–Crippen MR) is 100 cm³/mol. The molecule has 2 atom stereocenters. The summed E-state index contributed by atoms with van der Waals surface area (Å²) in [5.41, 5.74) is 0.799. The molecular formula is C17H27N5O2S. The molecule has 0 bridgehead atoms. The molecule has 0 spiro atoms. The van der Waals surface area contributed by atoms with E-state index in [1.165, 1.54) is 0 Å². The third kappa shape index (κ3) is 3.64. The van der Waals surface area contributed by atoms with Crippen molar-refractivity contribution >= 4 is 26.9 Å². The van der Waals surface area contributed by atoms with E-state index in [0.29, 0.717) is 25.4 Å². The van der Waals surface area contributed by atoms with E-state index in [0.717, 1.165) is 29.7 Å². The highest BCUT2D eigenvalue weighted by atomic mass is 32.2. The third-order valence-electron chi connectivity index (χ3n) is 5.20. The topological polar surface area (TPSA) is 82.2 Å². The summed E-state index contributed by atoms with van der Waals surface area (Å²) in [5, 5.41) is 0.961. The van der Waals surface area contributed by atoms with Crippen LogP contribution in [0.1, 0.15) is 33.1 Å². The molecule has 0 aliphatic carbocycles. The van der Waals surface area contributed by atoms with Gasteiger partial charge in [-0.25, -0.2) is 18.4 Å². The van der Waals surface area contributed by atoms with Crippen molar-refractivity contribution in [2.24, 2.45) is 5.92 Å². The highest BCUT2D eigenvalue weighted by molar-refractivity contribution is 7.89. The fourth-order valence-electron chi connectivity index (χ4n) is 3.53. The fraction of sp³-hybridized carbons (Fsp3) is 0.647. The average molecular weight is 366 g/mol. The zero-order valence-corrected chi connectivity index (χ0v) is 16.0. The number of hydrogen-bond donors (Lipinski definition) is 1. The number of rotatable bonds is 6. The van der Waals surface area contributed by atoms with Crippen LogP contribution in [0.5, 0.6) is 0 Å². The number of fused-ring (bicyclic) bond motifs is 1. The van der Waals surface area contributed by atoms with Crippen molar-refractivity contribution in [3.63, 3.8) is 0 Å². The van der Waals surface area contributed by atoms with Gasteiger partial charge in [-0.2, -0.15) is 4.31 Å². The minimum atomic E-state index is -3.18. The molecule has 3 heterocycles. The quantitative estimate of drug-likeness (QED) is 0.849. The van der Waals surface area contributed by atoms with Gasteiger partial charge in [0, 0.05) is 32.4 Å². The van der Waals surface area contributed by atoms with E-state index in [-0.39, 0.29) is 11.8 Å². The maximum Gasteiger partial charge on any atom is 0.214 e. The number of hydrogen-bond acceptors (Lipinski definition) is 5. The zero-order valence-electron chi connectivity index (χ0n) is 15.1. The number of H-pyrrole nitrogens is 1. The first kappa shape index (κ1) is 18.1. The van der Waals surface area contributed by atoms with Gasteiger partial charge in [-0.15, -0.1) is 0 Å². The van der Waals surface area contributed by atoms with Crippen LogP contribution in [-0.4, -0.2) is 59.6 Å². The van der Waals surface area contributed by atoms with E-state index >= 15 is 0 Å². The highest BCUT2D eigenvalue weighted by Crippen LogP contribution is 2.29. The van der Waals surface area contributed by atoms with Crippen LogP contribution in [0.3, 0.4) is 0 Å². The summed E-state index contributed by atoms with van der Waals surface area (Å²) in [7, 11) is -1.18. The Hall–Kier alpha value is -1.67. The number of aromatic nitrogens is 3. The summed E-state index contributed by atoms with van der Waals surface area (Å²) in [6.07, 6.45) is 5.86. The van der Waals surface area contributed by atoms with E-state index in [1.807, 2.05) is 26.2 Å². The van der Waals surface area contributed by atoms with Crippen LogP contribution in [0.4, 0.5) is 5.82 Å². The van der Waals surface area contributed by atoms with Gasteiger partial charge in [-0.3, -0.25) is 0 Å². The number of unbranched alkanes of at least 4 members (excludes halogenated alkanes) is 1. The molecule has 1 N–H and O–H groups in total. The van der Waals surface area contributed by atoms with Gasteiger partial charge < -0.3 is 9.88 Å². The smallest absolute Gasteiger partial charge is 0.214 e. The van der Waals surface area contributed by atoms with Crippen LogP contribution >= 0.6 is 0 Å². The van der Waals surface area contributed by atoms with Crippen molar-refractivity contribution < 1.29 is 8.42 Å². The Morgan fingerprint density at radius 2 is 2.20 bits per heavy atom. The molecule has 1 aliphatic heterocycles. The van der Waals surface area contributed by atoms with E-state index in [4.69, 9.17) is 0 Å². The number of likely N-dealkylation sites (N-methyl/N-ethyl adjacent to an activating group) is 1. The molecule has 0 amide bonds. The summed E-state index contributed by atoms with van der Waals surface area (Å²) < 4.78 is 26.9. The van der Waals surface area contributed by atoms with Crippen LogP contribution in [0, 0.1) is 5.92 Å². The molecule has 1 aliphatic rings. The molecule has 0 saturated carbocycles. The predicted octanol–water partition coefficient (Wildman–Crippen LogP) is 2.23. The Bertz CT molecular complexity index is 819. The van der Waals surface area contributed by atoms with Gasteiger partial charge in [0.25, 0.3) is 0 Å². The third-order valence-corrected chi connectivity index (χ3v) is 7.12. The molecule has 2 aromatic rings. The maximum atomic E-state index is 12.6. The first-order valence-electron chi connectivity index (χ1n) is 8.92. The molecule has 25 heavy (non-hydrogen) atoms. The van der Waals surface area contributed by atoms with Crippen LogP contribution in [-0.2, 0) is 10.0 Å². The van der Waals surface area contributed by atoms with Crippen molar-refractivity contribution in [3.05, 3.63) is 18.6 Å². The molecule has 0 aromatic carbocycles. The zero-order chi connectivity index (χ0) is 18.0. The summed E-state index contributed by atoms with van der Waals surface area (Å²) in [6, 6.07) is 2.06. The second-order valence-corrected chi connectivity index (χ2v) is 9.00. The van der Waals surface area contributed by atoms with Crippen LogP contribution in [0.15, 0.2) is 18.6 Å². The van der Waals surface area contributed by atoms with E-state index in [1.54, 1.807) is 10.6 Å². The number of aromatic amines is 1. The lowest BCUT2D eigenvalue weighted by Crippen LogP contribution is -2.53. The molecule has 1 fully saturated rings. The number of piperidine rings is 1. The molecule has 0 radical (unpaired) electrons. The number of sulfonamides is 1. The molecule has 1 saturated heterocycles. The van der Waals surface area contributed by atoms with Crippen molar-refractivity contribution in [3.8, 4) is 0 Å². The van der Waals surface area contributed by atoms with Gasteiger partial charge in [0.2, 0.25) is 10.0 Å². The second kappa shape index (κ2) is 7.29.